The first-order valence-electron chi connectivity index (χ1n) is 7.65. The van der Waals surface area contributed by atoms with E-state index >= 15 is 0 Å². The predicted octanol–water partition coefficient (Wildman–Crippen LogP) is 8.23. The van der Waals surface area contributed by atoms with Crippen molar-refractivity contribution >= 4 is 58.3 Å². The molecule has 0 N–H and O–H groups in total. The Hall–Kier alpha value is -0.770. The van der Waals surface area contributed by atoms with Gasteiger partial charge >= 0.3 is 0 Å². The Morgan fingerprint density at radius 2 is 1.36 bits per heavy atom. The molecular formula is C20H15Cl3S2. The SMILES string of the molecule is Clc1ccc(Sc2ccccc2CSCc2ccc(Cl)cc2Cl)cc1. The molecule has 0 heterocycles. The zero-order chi connectivity index (χ0) is 17.6. The van der Waals surface area contributed by atoms with E-state index in [-0.39, 0.29) is 0 Å². The van der Waals surface area contributed by atoms with Crippen LogP contribution in [-0.2, 0) is 11.5 Å². The van der Waals surface area contributed by atoms with Crippen LogP contribution in [0.25, 0.3) is 0 Å². The van der Waals surface area contributed by atoms with Crippen LogP contribution in [0.4, 0.5) is 0 Å². The molecule has 0 fully saturated rings. The maximum atomic E-state index is 6.25. The molecule has 5 heteroatoms. The fraction of sp³-hybridized carbons (Fsp3) is 0.100. The van der Waals surface area contributed by atoms with Gasteiger partial charge in [-0.2, -0.15) is 11.8 Å². The van der Waals surface area contributed by atoms with E-state index in [1.807, 2.05) is 48.2 Å². The van der Waals surface area contributed by atoms with Gasteiger partial charge in [-0.05, 0) is 53.6 Å². The summed E-state index contributed by atoms with van der Waals surface area (Å²) in [5.74, 6) is 1.78. The van der Waals surface area contributed by atoms with Crippen molar-refractivity contribution in [3.05, 3.63) is 92.9 Å². The molecular weight excluding hydrogens is 411 g/mol. The van der Waals surface area contributed by atoms with E-state index in [1.165, 1.54) is 15.4 Å². The smallest absolute Gasteiger partial charge is 0.0461 e. The van der Waals surface area contributed by atoms with Crippen molar-refractivity contribution < 1.29 is 0 Å². The second-order valence-corrected chi connectivity index (χ2v) is 8.77. The summed E-state index contributed by atoms with van der Waals surface area (Å²) in [4.78, 5) is 2.45. The van der Waals surface area contributed by atoms with E-state index in [2.05, 4.69) is 24.3 Å². The minimum atomic E-state index is 0.670. The standard InChI is InChI=1S/C20H15Cl3S2/c21-16-7-9-18(10-8-16)25-20-4-2-1-3-15(20)13-24-12-14-5-6-17(22)11-19(14)23/h1-11H,12-13H2. The van der Waals surface area contributed by atoms with E-state index in [4.69, 9.17) is 34.8 Å². The molecule has 0 radical (unpaired) electrons. The molecule has 0 saturated heterocycles. The summed E-state index contributed by atoms with van der Waals surface area (Å²) in [7, 11) is 0. The van der Waals surface area contributed by atoms with Crippen LogP contribution in [0.3, 0.4) is 0 Å². The Kier molecular flexibility index (Phi) is 7.03. The molecule has 0 aliphatic heterocycles. The number of halogens is 3. The molecule has 0 aliphatic carbocycles. The highest BCUT2D eigenvalue weighted by molar-refractivity contribution is 7.99. The molecule has 0 amide bonds. The lowest BCUT2D eigenvalue weighted by Gasteiger charge is -2.10. The van der Waals surface area contributed by atoms with E-state index in [0.29, 0.717) is 5.02 Å². The molecule has 0 spiro atoms. The van der Waals surface area contributed by atoms with Crippen molar-refractivity contribution in [1.29, 1.82) is 0 Å². The van der Waals surface area contributed by atoms with Crippen LogP contribution in [0.15, 0.2) is 76.5 Å². The zero-order valence-corrected chi connectivity index (χ0v) is 17.1. The molecule has 3 rings (SSSR count). The summed E-state index contributed by atoms with van der Waals surface area (Å²) in [6.07, 6.45) is 0. The van der Waals surface area contributed by atoms with Gasteiger partial charge in [0.1, 0.15) is 0 Å². The maximum Gasteiger partial charge on any atom is 0.0461 e. The average molecular weight is 426 g/mol. The summed E-state index contributed by atoms with van der Waals surface area (Å²) < 4.78 is 0. The first kappa shape index (κ1) is 19.0. The van der Waals surface area contributed by atoms with Crippen LogP contribution < -0.4 is 0 Å². The Bertz CT molecular complexity index is 848. The molecule has 0 nitrogen and oxygen atoms in total. The summed E-state index contributed by atoms with van der Waals surface area (Å²) in [6.45, 7) is 0. The fourth-order valence-corrected chi connectivity index (χ4v) is 5.02. The lowest BCUT2D eigenvalue weighted by molar-refractivity contribution is 1.25. The van der Waals surface area contributed by atoms with Gasteiger partial charge in [-0.25, -0.2) is 0 Å². The van der Waals surface area contributed by atoms with Crippen LogP contribution in [0.1, 0.15) is 11.1 Å². The zero-order valence-electron chi connectivity index (χ0n) is 13.2. The minimum Gasteiger partial charge on any atom is -0.152 e. The second-order valence-electron chi connectivity index (χ2n) is 5.39. The van der Waals surface area contributed by atoms with Crippen LogP contribution in [0, 0.1) is 0 Å². The van der Waals surface area contributed by atoms with Gasteiger partial charge in [0.15, 0.2) is 0 Å². The van der Waals surface area contributed by atoms with E-state index < -0.39 is 0 Å². The molecule has 0 aliphatic rings. The lowest BCUT2D eigenvalue weighted by Crippen LogP contribution is -1.88. The number of thioether (sulfide) groups is 1. The van der Waals surface area contributed by atoms with Crippen molar-refractivity contribution in [2.24, 2.45) is 0 Å². The first-order valence-corrected chi connectivity index (χ1v) is 10.8. The van der Waals surface area contributed by atoms with Gasteiger partial charge in [0.25, 0.3) is 0 Å². The molecule has 3 aromatic carbocycles. The fourth-order valence-electron chi connectivity index (χ4n) is 2.26. The molecule has 25 heavy (non-hydrogen) atoms. The van der Waals surface area contributed by atoms with E-state index in [0.717, 1.165) is 27.1 Å². The van der Waals surface area contributed by atoms with E-state index in [9.17, 15) is 0 Å². The Balaban J connectivity index is 1.65. The highest BCUT2D eigenvalue weighted by Gasteiger charge is 2.06. The van der Waals surface area contributed by atoms with Crippen LogP contribution >= 0.6 is 58.3 Å². The van der Waals surface area contributed by atoms with E-state index in [1.54, 1.807) is 17.8 Å². The van der Waals surface area contributed by atoms with Crippen LogP contribution in [-0.4, -0.2) is 0 Å². The van der Waals surface area contributed by atoms with Crippen molar-refractivity contribution in [2.75, 3.05) is 0 Å². The highest BCUT2D eigenvalue weighted by Crippen LogP contribution is 2.34. The second kappa shape index (κ2) is 9.25. The Morgan fingerprint density at radius 3 is 2.12 bits per heavy atom. The maximum absolute atomic E-state index is 6.25. The number of hydrogen-bond donors (Lipinski definition) is 0. The van der Waals surface area contributed by atoms with Gasteiger partial charge in [-0.15, -0.1) is 0 Å². The summed E-state index contributed by atoms with van der Waals surface area (Å²) in [5.41, 5.74) is 2.43. The topological polar surface area (TPSA) is 0 Å². The number of hydrogen-bond acceptors (Lipinski definition) is 2. The quantitative estimate of drug-likeness (QED) is 0.390. The van der Waals surface area contributed by atoms with Gasteiger partial charge in [0.2, 0.25) is 0 Å². The molecule has 0 saturated carbocycles. The van der Waals surface area contributed by atoms with Gasteiger partial charge < -0.3 is 0 Å². The summed E-state index contributed by atoms with van der Waals surface area (Å²) in [6, 6.07) is 22.1. The van der Waals surface area contributed by atoms with Crippen molar-refractivity contribution in [3.63, 3.8) is 0 Å². The number of rotatable bonds is 6. The minimum absolute atomic E-state index is 0.670. The molecule has 0 bridgehead atoms. The third-order valence-electron chi connectivity index (χ3n) is 3.54. The third kappa shape index (κ3) is 5.60. The molecule has 0 aromatic heterocycles. The predicted molar refractivity (Wildman–Crippen MR) is 113 cm³/mol. The first-order chi connectivity index (χ1) is 12.1. The Morgan fingerprint density at radius 1 is 0.680 bits per heavy atom. The van der Waals surface area contributed by atoms with Crippen molar-refractivity contribution in [2.45, 2.75) is 21.3 Å². The van der Waals surface area contributed by atoms with Crippen LogP contribution in [0.5, 0.6) is 0 Å². The normalized spacial score (nSPS) is 10.8. The monoisotopic (exact) mass is 424 g/mol. The van der Waals surface area contributed by atoms with Gasteiger partial charge in [-0.3, -0.25) is 0 Å². The van der Waals surface area contributed by atoms with Gasteiger partial charge in [-0.1, -0.05) is 70.8 Å². The lowest BCUT2D eigenvalue weighted by atomic mass is 10.2. The van der Waals surface area contributed by atoms with Crippen LogP contribution in [0.2, 0.25) is 15.1 Å². The summed E-state index contributed by atoms with van der Waals surface area (Å²) >= 11 is 21.8. The van der Waals surface area contributed by atoms with Gasteiger partial charge in [0, 0.05) is 36.4 Å². The van der Waals surface area contributed by atoms with Crippen molar-refractivity contribution in [3.8, 4) is 0 Å². The average Bonchev–Trinajstić information content (AvgIpc) is 2.60. The Labute approximate surface area is 171 Å². The molecule has 128 valence electrons. The van der Waals surface area contributed by atoms with Gasteiger partial charge in [0.05, 0.1) is 0 Å². The number of benzene rings is 3. The highest BCUT2D eigenvalue weighted by atomic mass is 35.5. The molecule has 0 unspecified atom stereocenters. The van der Waals surface area contributed by atoms with Crippen molar-refractivity contribution in [1.82, 2.24) is 0 Å². The molecule has 0 atom stereocenters. The largest absolute Gasteiger partial charge is 0.152 e. The molecule has 3 aromatic rings. The third-order valence-corrected chi connectivity index (χ3v) is 6.54. The summed E-state index contributed by atoms with van der Waals surface area (Å²) in [5, 5.41) is 2.15.